The quantitative estimate of drug-likeness (QED) is 0.628. The summed E-state index contributed by atoms with van der Waals surface area (Å²) in [6, 6.07) is 0. The number of rotatable bonds is 1. The third kappa shape index (κ3) is 1.18. The Kier molecular flexibility index (Phi) is 2.01. The third-order valence-corrected chi connectivity index (χ3v) is 8.36. The second-order valence-electron chi connectivity index (χ2n) is 8.77. The lowest BCUT2D eigenvalue weighted by Crippen LogP contribution is -2.15. The minimum Gasteiger partial charge on any atom is -0.0773 e. The van der Waals surface area contributed by atoms with Gasteiger partial charge in [0.05, 0.1) is 0 Å². The highest BCUT2D eigenvalue weighted by atomic mass is 14.6. The molecule has 0 heteroatoms. The van der Waals surface area contributed by atoms with Gasteiger partial charge in [-0.25, -0.2) is 0 Å². The zero-order chi connectivity index (χ0) is 12.8. The first-order valence-electron chi connectivity index (χ1n) is 9.34. The Morgan fingerprint density at radius 3 is 1.50 bits per heavy atom. The van der Waals surface area contributed by atoms with E-state index in [0.29, 0.717) is 0 Å². The van der Waals surface area contributed by atoms with Crippen molar-refractivity contribution in [1.82, 2.24) is 0 Å². The van der Waals surface area contributed by atoms with E-state index < -0.39 is 0 Å². The van der Waals surface area contributed by atoms with Crippen LogP contribution in [0.15, 0.2) is 23.3 Å². The van der Waals surface area contributed by atoms with E-state index in [4.69, 9.17) is 0 Å². The van der Waals surface area contributed by atoms with Gasteiger partial charge in [-0.05, 0) is 110 Å². The molecular formula is C20H26. The Bertz CT molecular complexity index is 476. The van der Waals surface area contributed by atoms with Gasteiger partial charge in [-0.1, -0.05) is 12.2 Å². The van der Waals surface area contributed by atoms with E-state index in [0.717, 1.165) is 47.3 Å². The lowest BCUT2D eigenvalue weighted by molar-refractivity contribution is 0.356. The van der Waals surface area contributed by atoms with Gasteiger partial charge in [0.25, 0.3) is 0 Å². The molecule has 0 aromatic carbocycles. The molecule has 106 valence electrons. The van der Waals surface area contributed by atoms with Crippen molar-refractivity contribution in [2.45, 2.75) is 51.4 Å². The molecule has 6 rings (SSSR count). The van der Waals surface area contributed by atoms with Crippen molar-refractivity contribution in [3.63, 3.8) is 0 Å². The van der Waals surface area contributed by atoms with Crippen LogP contribution in [-0.4, -0.2) is 0 Å². The number of hydrogen-bond donors (Lipinski definition) is 0. The molecule has 0 aromatic rings. The molecule has 0 radical (unpaired) electrons. The van der Waals surface area contributed by atoms with Crippen molar-refractivity contribution in [3.05, 3.63) is 23.3 Å². The maximum atomic E-state index is 2.79. The van der Waals surface area contributed by atoms with Crippen molar-refractivity contribution < 1.29 is 0 Å². The van der Waals surface area contributed by atoms with Gasteiger partial charge in [-0.2, -0.15) is 0 Å². The summed E-state index contributed by atoms with van der Waals surface area (Å²) in [7, 11) is 0. The van der Waals surface area contributed by atoms with Crippen LogP contribution in [0.4, 0.5) is 0 Å². The van der Waals surface area contributed by atoms with Crippen molar-refractivity contribution in [2.75, 3.05) is 0 Å². The molecule has 0 nitrogen and oxygen atoms in total. The van der Waals surface area contributed by atoms with Crippen LogP contribution in [0.25, 0.3) is 0 Å². The minimum atomic E-state index is 0.987. The predicted octanol–water partition coefficient (Wildman–Crippen LogP) is 4.97. The molecule has 4 saturated carbocycles. The zero-order valence-electron chi connectivity index (χ0n) is 12.4. The van der Waals surface area contributed by atoms with Gasteiger partial charge in [-0.15, -0.1) is 0 Å². The summed E-state index contributed by atoms with van der Waals surface area (Å²) < 4.78 is 0. The van der Waals surface area contributed by atoms with Gasteiger partial charge >= 0.3 is 0 Å². The van der Waals surface area contributed by atoms with Crippen molar-refractivity contribution in [1.29, 1.82) is 0 Å². The highest BCUT2D eigenvalue weighted by Gasteiger charge is 2.54. The standard InChI is InChI=1S/C20H26/c1-3-13-9-17(15-7-5-11(1)19(13)15)18-10-14-4-2-12-6-8-16(18)20(12)14/h9-16,19-20H,1-8H2/t11?,12?,13?,14?,15?,16?,19-,20-/m1/s1. The largest absolute Gasteiger partial charge is 0.0773 e. The number of hydrogen-bond acceptors (Lipinski definition) is 0. The van der Waals surface area contributed by atoms with E-state index in [-0.39, 0.29) is 0 Å². The fourth-order valence-electron chi connectivity index (χ4n) is 7.83. The van der Waals surface area contributed by atoms with Gasteiger partial charge in [0, 0.05) is 0 Å². The molecule has 0 aliphatic heterocycles. The first-order chi connectivity index (χ1) is 9.90. The van der Waals surface area contributed by atoms with Crippen LogP contribution in [0.5, 0.6) is 0 Å². The second kappa shape index (κ2) is 3.62. The van der Waals surface area contributed by atoms with E-state index >= 15 is 0 Å². The molecule has 0 heterocycles. The molecule has 20 heavy (non-hydrogen) atoms. The molecule has 4 fully saturated rings. The normalized spacial score (nSPS) is 58.0. The fourth-order valence-corrected chi connectivity index (χ4v) is 7.83. The topological polar surface area (TPSA) is 0 Å². The van der Waals surface area contributed by atoms with Crippen molar-refractivity contribution in [3.8, 4) is 0 Å². The van der Waals surface area contributed by atoms with Gasteiger partial charge in [0.15, 0.2) is 0 Å². The molecule has 0 saturated heterocycles. The second-order valence-corrected chi connectivity index (χ2v) is 8.77. The van der Waals surface area contributed by atoms with Crippen molar-refractivity contribution >= 4 is 0 Å². The average Bonchev–Trinajstić information content (AvgIpc) is 3.18. The summed E-state index contributed by atoms with van der Waals surface area (Å²) in [6.07, 6.45) is 17.9. The summed E-state index contributed by atoms with van der Waals surface area (Å²) in [4.78, 5) is 0. The molecular weight excluding hydrogens is 240 g/mol. The first kappa shape index (κ1) is 11.1. The molecule has 0 aromatic heterocycles. The minimum absolute atomic E-state index is 0.987. The molecule has 0 amide bonds. The van der Waals surface area contributed by atoms with Crippen LogP contribution in [0.1, 0.15) is 51.4 Å². The van der Waals surface area contributed by atoms with E-state index in [1.165, 1.54) is 25.7 Å². The van der Waals surface area contributed by atoms with Gasteiger partial charge in [0.1, 0.15) is 0 Å². The molecule has 6 aliphatic carbocycles. The summed E-state index contributed by atoms with van der Waals surface area (Å²) in [5.74, 6) is 8.36. The Morgan fingerprint density at radius 2 is 1.00 bits per heavy atom. The highest BCUT2D eigenvalue weighted by molar-refractivity contribution is 5.45. The first-order valence-corrected chi connectivity index (χ1v) is 9.34. The van der Waals surface area contributed by atoms with Crippen LogP contribution in [0.3, 0.4) is 0 Å². The van der Waals surface area contributed by atoms with Gasteiger partial charge in [0.2, 0.25) is 0 Å². The highest BCUT2D eigenvalue weighted by Crippen LogP contribution is 2.64. The maximum Gasteiger partial charge on any atom is -0.0126 e. The predicted molar refractivity (Wildman–Crippen MR) is 81.0 cm³/mol. The van der Waals surface area contributed by atoms with Gasteiger partial charge < -0.3 is 0 Å². The molecule has 8 atom stereocenters. The van der Waals surface area contributed by atoms with Crippen LogP contribution in [0, 0.1) is 47.3 Å². The average molecular weight is 266 g/mol. The summed E-state index contributed by atoms with van der Waals surface area (Å²) in [6.45, 7) is 0. The summed E-state index contributed by atoms with van der Waals surface area (Å²) >= 11 is 0. The zero-order valence-corrected chi connectivity index (χ0v) is 12.4. The Labute approximate surface area is 122 Å². The molecule has 0 bridgehead atoms. The van der Waals surface area contributed by atoms with E-state index in [1.54, 1.807) is 25.7 Å². The van der Waals surface area contributed by atoms with Crippen molar-refractivity contribution in [2.24, 2.45) is 47.3 Å². The van der Waals surface area contributed by atoms with Crippen LogP contribution in [-0.2, 0) is 0 Å². The monoisotopic (exact) mass is 266 g/mol. The molecule has 6 unspecified atom stereocenters. The number of allylic oxidation sites excluding steroid dienone is 4. The Morgan fingerprint density at radius 1 is 0.550 bits per heavy atom. The van der Waals surface area contributed by atoms with Crippen LogP contribution in [0.2, 0.25) is 0 Å². The summed E-state index contributed by atoms with van der Waals surface area (Å²) in [5, 5.41) is 0. The molecule has 0 N–H and O–H groups in total. The molecule has 6 aliphatic rings. The maximum absolute atomic E-state index is 2.79. The summed E-state index contributed by atoms with van der Waals surface area (Å²) in [5.41, 5.74) is 3.78. The molecule has 0 spiro atoms. The van der Waals surface area contributed by atoms with E-state index in [2.05, 4.69) is 12.2 Å². The Hall–Kier alpha value is -0.520. The van der Waals surface area contributed by atoms with Crippen LogP contribution >= 0.6 is 0 Å². The van der Waals surface area contributed by atoms with Crippen LogP contribution < -0.4 is 0 Å². The smallest absolute Gasteiger partial charge is 0.0126 e. The van der Waals surface area contributed by atoms with E-state index in [9.17, 15) is 0 Å². The fraction of sp³-hybridized carbons (Fsp3) is 0.800. The van der Waals surface area contributed by atoms with E-state index in [1.807, 2.05) is 11.1 Å². The lowest BCUT2D eigenvalue weighted by atomic mass is 9.82. The Balaban J connectivity index is 1.41. The SMILES string of the molecule is C1=C(C2=CC3CCC4CCC2[C@@H]34)C2CCC3CCC1[C@@H]32. The lowest BCUT2D eigenvalue weighted by Gasteiger charge is -2.22. The van der Waals surface area contributed by atoms with Gasteiger partial charge in [-0.3, -0.25) is 0 Å². The third-order valence-electron chi connectivity index (χ3n) is 8.36.